The first-order chi connectivity index (χ1) is 15.3. The first-order valence-electron chi connectivity index (χ1n) is 9.68. The molecule has 1 heterocycles. The lowest BCUT2D eigenvalue weighted by Crippen LogP contribution is -2.19. The molecule has 4 aromatic rings. The Balaban J connectivity index is 1.96. The number of halogens is 1. The highest BCUT2D eigenvalue weighted by Crippen LogP contribution is 2.26. The van der Waals surface area contributed by atoms with Gasteiger partial charge in [-0.1, -0.05) is 23.7 Å². The van der Waals surface area contributed by atoms with Gasteiger partial charge in [0.15, 0.2) is 0 Å². The molecule has 0 saturated carbocycles. The van der Waals surface area contributed by atoms with Crippen LogP contribution in [0.4, 0.5) is 0 Å². The van der Waals surface area contributed by atoms with Gasteiger partial charge in [-0.25, -0.2) is 8.42 Å². The van der Waals surface area contributed by atoms with E-state index < -0.39 is 15.3 Å². The summed E-state index contributed by atoms with van der Waals surface area (Å²) in [5.41, 5.74) is 0.893. The number of pyridine rings is 1. The number of methoxy groups -OCH3 is 2. The Morgan fingerprint density at radius 1 is 0.906 bits per heavy atom. The zero-order valence-electron chi connectivity index (χ0n) is 17.4. The summed E-state index contributed by atoms with van der Waals surface area (Å²) in [4.78, 5) is 13.0. The number of hydrogen-bond acceptors (Lipinski definition) is 5. The summed E-state index contributed by atoms with van der Waals surface area (Å²) >= 11 is 5.91. The number of sulfone groups is 1. The third kappa shape index (κ3) is 4.09. The predicted octanol–water partition coefficient (Wildman–Crippen LogP) is 4.55. The van der Waals surface area contributed by atoms with E-state index >= 15 is 0 Å². The smallest absolute Gasteiger partial charge is 0.211 e. The van der Waals surface area contributed by atoms with Crippen molar-refractivity contribution < 1.29 is 17.9 Å². The van der Waals surface area contributed by atoms with Gasteiger partial charge in [0.2, 0.25) is 15.3 Å². The summed E-state index contributed by atoms with van der Waals surface area (Å²) < 4.78 is 39.0. The molecule has 0 spiro atoms. The zero-order chi connectivity index (χ0) is 22.9. The summed E-state index contributed by atoms with van der Waals surface area (Å²) in [7, 11) is -1.01. The van der Waals surface area contributed by atoms with Crippen molar-refractivity contribution in [2.75, 3.05) is 14.2 Å². The van der Waals surface area contributed by atoms with Crippen LogP contribution in [0.25, 0.3) is 10.9 Å². The fraction of sp³-hybridized carbons (Fsp3) is 0.125. The molecule has 0 aliphatic rings. The van der Waals surface area contributed by atoms with Crippen LogP contribution in [0.5, 0.6) is 11.5 Å². The monoisotopic (exact) mass is 469 g/mol. The van der Waals surface area contributed by atoms with E-state index in [1.807, 2.05) is 24.3 Å². The van der Waals surface area contributed by atoms with Crippen LogP contribution in [0, 0.1) is 0 Å². The highest BCUT2D eigenvalue weighted by atomic mass is 35.5. The Bertz CT molecular complexity index is 1460. The largest absolute Gasteiger partial charge is 0.497 e. The lowest BCUT2D eigenvalue weighted by molar-refractivity contribution is 0.414. The minimum Gasteiger partial charge on any atom is -0.497 e. The van der Waals surface area contributed by atoms with E-state index in [-0.39, 0.29) is 15.2 Å². The number of rotatable bonds is 6. The van der Waals surface area contributed by atoms with Gasteiger partial charge in [-0.05, 0) is 60.2 Å². The lowest BCUT2D eigenvalue weighted by Gasteiger charge is -2.15. The van der Waals surface area contributed by atoms with Gasteiger partial charge in [-0.2, -0.15) is 0 Å². The van der Waals surface area contributed by atoms with Gasteiger partial charge in [-0.3, -0.25) is 4.79 Å². The number of ether oxygens (including phenoxy) is 2. The van der Waals surface area contributed by atoms with Crippen LogP contribution in [0.3, 0.4) is 0 Å². The van der Waals surface area contributed by atoms with Crippen LogP contribution in [-0.4, -0.2) is 27.2 Å². The summed E-state index contributed by atoms with van der Waals surface area (Å²) in [5.74, 6) is 1.15. The fourth-order valence-corrected chi connectivity index (χ4v) is 5.00. The van der Waals surface area contributed by atoms with E-state index in [0.717, 1.165) is 5.56 Å². The topological polar surface area (TPSA) is 74.6 Å². The molecule has 4 rings (SSSR count). The predicted molar refractivity (Wildman–Crippen MR) is 124 cm³/mol. The first-order valence-corrected chi connectivity index (χ1v) is 11.5. The zero-order valence-corrected chi connectivity index (χ0v) is 19.0. The lowest BCUT2D eigenvalue weighted by atomic mass is 10.1. The molecule has 164 valence electrons. The van der Waals surface area contributed by atoms with Crippen molar-refractivity contribution in [3.05, 3.63) is 93.7 Å². The maximum Gasteiger partial charge on any atom is 0.211 e. The number of aromatic nitrogens is 1. The molecule has 1 aromatic heterocycles. The molecule has 0 atom stereocenters. The minimum absolute atomic E-state index is 0.00539. The Hall–Kier alpha value is -3.29. The van der Waals surface area contributed by atoms with Crippen molar-refractivity contribution in [1.29, 1.82) is 0 Å². The van der Waals surface area contributed by atoms with Crippen molar-refractivity contribution in [3.63, 3.8) is 0 Å². The standard InChI is InChI=1S/C24H20ClNO5S/c1-30-18-5-3-4-16(12-18)14-26-15-23(32(28,29)20-9-6-17(25)7-10-20)24(27)21-13-19(31-2)8-11-22(21)26/h3-13,15H,14H2,1-2H3. The highest BCUT2D eigenvalue weighted by molar-refractivity contribution is 7.91. The maximum absolute atomic E-state index is 13.4. The quantitative estimate of drug-likeness (QED) is 0.414. The van der Waals surface area contributed by atoms with Crippen LogP contribution in [0.2, 0.25) is 5.02 Å². The van der Waals surface area contributed by atoms with Crippen molar-refractivity contribution >= 4 is 32.3 Å². The second-order valence-electron chi connectivity index (χ2n) is 7.14. The second-order valence-corrected chi connectivity index (χ2v) is 9.50. The molecule has 0 unspecified atom stereocenters. The van der Waals surface area contributed by atoms with Gasteiger partial charge >= 0.3 is 0 Å². The van der Waals surface area contributed by atoms with Gasteiger partial charge < -0.3 is 14.0 Å². The third-order valence-electron chi connectivity index (χ3n) is 5.16. The van der Waals surface area contributed by atoms with Crippen molar-refractivity contribution in [1.82, 2.24) is 4.57 Å². The van der Waals surface area contributed by atoms with Gasteiger partial charge in [0, 0.05) is 17.8 Å². The van der Waals surface area contributed by atoms with Gasteiger partial charge in [0.1, 0.15) is 16.4 Å². The Kier molecular flexibility index (Phi) is 5.95. The third-order valence-corrected chi connectivity index (χ3v) is 7.17. The van der Waals surface area contributed by atoms with Crippen LogP contribution < -0.4 is 14.9 Å². The van der Waals surface area contributed by atoms with Gasteiger partial charge in [0.05, 0.1) is 30.0 Å². The fourth-order valence-electron chi connectivity index (χ4n) is 3.51. The van der Waals surface area contributed by atoms with E-state index in [1.165, 1.54) is 37.6 Å². The molecule has 0 aliphatic carbocycles. The molecule has 0 amide bonds. The molecule has 0 bridgehead atoms. The van der Waals surface area contributed by atoms with Crippen LogP contribution in [0.1, 0.15) is 5.56 Å². The Labute approximate surface area is 190 Å². The van der Waals surface area contributed by atoms with Gasteiger partial charge in [-0.15, -0.1) is 0 Å². The van der Waals surface area contributed by atoms with Crippen LogP contribution in [-0.2, 0) is 16.4 Å². The van der Waals surface area contributed by atoms with Crippen molar-refractivity contribution in [3.8, 4) is 11.5 Å². The summed E-state index contributed by atoms with van der Waals surface area (Å²) in [6.07, 6.45) is 1.39. The van der Waals surface area contributed by atoms with E-state index in [0.29, 0.717) is 28.6 Å². The highest BCUT2D eigenvalue weighted by Gasteiger charge is 2.24. The van der Waals surface area contributed by atoms with E-state index in [9.17, 15) is 13.2 Å². The molecule has 3 aromatic carbocycles. The normalized spacial score (nSPS) is 11.5. The van der Waals surface area contributed by atoms with Crippen LogP contribution in [0.15, 0.2) is 87.5 Å². The minimum atomic E-state index is -4.08. The molecule has 0 saturated heterocycles. The van der Waals surface area contributed by atoms with E-state index in [4.69, 9.17) is 21.1 Å². The maximum atomic E-state index is 13.4. The molecule has 8 heteroatoms. The number of nitrogens with zero attached hydrogens (tertiary/aromatic N) is 1. The molecule has 6 nitrogen and oxygen atoms in total. The average Bonchev–Trinajstić information content (AvgIpc) is 2.80. The van der Waals surface area contributed by atoms with Gasteiger partial charge in [0.25, 0.3) is 0 Å². The Morgan fingerprint density at radius 2 is 1.59 bits per heavy atom. The second kappa shape index (κ2) is 8.68. The van der Waals surface area contributed by atoms with Crippen LogP contribution >= 0.6 is 11.6 Å². The first kappa shape index (κ1) is 21.9. The summed E-state index contributed by atoms with van der Waals surface area (Å²) in [6, 6.07) is 18.2. The average molecular weight is 470 g/mol. The molecule has 32 heavy (non-hydrogen) atoms. The molecule has 0 N–H and O–H groups in total. The molecular formula is C24H20ClNO5S. The SMILES string of the molecule is COc1cccc(Cn2cc(S(=O)(=O)c3ccc(Cl)cc3)c(=O)c3cc(OC)ccc32)c1. The summed E-state index contributed by atoms with van der Waals surface area (Å²) in [6.45, 7) is 0.337. The van der Waals surface area contributed by atoms with E-state index in [1.54, 1.807) is 29.9 Å². The van der Waals surface area contributed by atoms with Crippen molar-refractivity contribution in [2.45, 2.75) is 16.3 Å². The Morgan fingerprint density at radius 3 is 2.28 bits per heavy atom. The number of fused-ring (bicyclic) bond motifs is 1. The number of hydrogen-bond donors (Lipinski definition) is 0. The molecular weight excluding hydrogens is 450 g/mol. The number of benzene rings is 3. The molecule has 0 aliphatic heterocycles. The van der Waals surface area contributed by atoms with Crippen molar-refractivity contribution in [2.24, 2.45) is 0 Å². The van der Waals surface area contributed by atoms with E-state index in [2.05, 4.69) is 0 Å². The molecule has 0 radical (unpaired) electrons. The summed E-state index contributed by atoms with van der Waals surface area (Å²) in [5, 5.41) is 0.657. The molecule has 0 fully saturated rings.